The van der Waals surface area contributed by atoms with E-state index in [-0.39, 0.29) is 5.83 Å². The van der Waals surface area contributed by atoms with Crippen LogP contribution >= 0.6 is 0 Å². The van der Waals surface area contributed by atoms with Crippen molar-refractivity contribution < 1.29 is 9.13 Å². The zero-order valence-electron chi connectivity index (χ0n) is 7.86. The fraction of sp³-hybridized carbons (Fsp3) is 0.400. The van der Waals surface area contributed by atoms with E-state index in [1.165, 1.54) is 13.2 Å². The Morgan fingerprint density at radius 1 is 1.58 bits per heavy atom. The molecule has 0 aliphatic carbocycles. The maximum atomic E-state index is 13.2. The Labute approximate surface area is 73.2 Å². The second-order valence-electron chi connectivity index (χ2n) is 2.33. The normalized spacial score (nSPS) is 13.0. The van der Waals surface area contributed by atoms with Crippen LogP contribution in [-0.2, 0) is 4.74 Å². The van der Waals surface area contributed by atoms with Crippen LogP contribution in [0.2, 0.25) is 0 Å². The van der Waals surface area contributed by atoms with Gasteiger partial charge in [-0.25, -0.2) is 4.39 Å². The fourth-order valence-corrected chi connectivity index (χ4v) is 0.804. The summed E-state index contributed by atoms with van der Waals surface area (Å²) in [6, 6.07) is 0. The van der Waals surface area contributed by atoms with Crippen LogP contribution in [0.1, 0.15) is 20.3 Å². The van der Waals surface area contributed by atoms with Crippen molar-refractivity contribution in [2.75, 3.05) is 7.11 Å². The van der Waals surface area contributed by atoms with Gasteiger partial charge in [-0.3, -0.25) is 0 Å². The van der Waals surface area contributed by atoms with Crippen molar-refractivity contribution >= 4 is 0 Å². The highest BCUT2D eigenvalue weighted by atomic mass is 19.1. The molecular formula is C10H15FO. The van der Waals surface area contributed by atoms with Gasteiger partial charge in [0.1, 0.15) is 11.6 Å². The molecule has 0 spiro atoms. The number of methoxy groups -OCH3 is 1. The number of hydrogen-bond acceptors (Lipinski definition) is 1. The van der Waals surface area contributed by atoms with E-state index in [2.05, 4.69) is 6.58 Å². The summed E-state index contributed by atoms with van der Waals surface area (Å²) >= 11 is 0. The molecule has 0 aromatic rings. The number of halogens is 1. The summed E-state index contributed by atoms with van der Waals surface area (Å²) in [6.07, 6.45) is 3.71. The van der Waals surface area contributed by atoms with Gasteiger partial charge < -0.3 is 4.74 Å². The number of allylic oxidation sites excluding steroid dienone is 4. The molecule has 0 amide bonds. The number of rotatable bonds is 4. The lowest BCUT2D eigenvalue weighted by molar-refractivity contribution is 0.307. The fourth-order valence-electron chi connectivity index (χ4n) is 0.804. The first-order valence-electron chi connectivity index (χ1n) is 3.91. The third-order valence-electron chi connectivity index (χ3n) is 1.59. The van der Waals surface area contributed by atoms with Gasteiger partial charge in [0.15, 0.2) is 0 Å². The Bertz CT molecular complexity index is 214. The molecule has 0 bridgehead atoms. The molecule has 0 fully saturated rings. The molecule has 12 heavy (non-hydrogen) atoms. The minimum atomic E-state index is -0.271. The molecule has 0 aromatic heterocycles. The minimum Gasteiger partial charge on any atom is -0.497 e. The third-order valence-corrected chi connectivity index (χ3v) is 1.59. The van der Waals surface area contributed by atoms with Crippen LogP contribution in [-0.4, -0.2) is 7.11 Å². The molecule has 0 radical (unpaired) electrons. The van der Waals surface area contributed by atoms with Gasteiger partial charge in [-0.15, -0.1) is 0 Å². The Balaban J connectivity index is 4.46. The van der Waals surface area contributed by atoms with Crippen LogP contribution in [0.5, 0.6) is 0 Å². The summed E-state index contributed by atoms with van der Waals surface area (Å²) in [5.41, 5.74) is 0.674. The minimum absolute atomic E-state index is 0.271. The van der Waals surface area contributed by atoms with Crippen LogP contribution < -0.4 is 0 Å². The second-order valence-corrected chi connectivity index (χ2v) is 2.33. The maximum absolute atomic E-state index is 13.2. The van der Waals surface area contributed by atoms with E-state index in [4.69, 9.17) is 4.74 Å². The van der Waals surface area contributed by atoms with Crippen LogP contribution in [0.25, 0.3) is 0 Å². The lowest BCUT2D eigenvalue weighted by atomic mass is 10.1. The van der Waals surface area contributed by atoms with Gasteiger partial charge in [-0.2, -0.15) is 0 Å². The highest BCUT2D eigenvalue weighted by molar-refractivity contribution is 5.29. The van der Waals surface area contributed by atoms with E-state index in [1.807, 2.05) is 13.8 Å². The predicted octanol–water partition coefficient (Wildman–Crippen LogP) is 3.36. The first kappa shape index (κ1) is 11.0. The molecule has 0 N–H and O–H groups in total. The largest absolute Gasteiger partial charge is 0.497 e. The zero-order valence-corrected chi connectivity index (χ0v) is 7.86. The van der Waals surface area contributed by atoms with Crippen molar-refractivity contribution in [1.29, 1.82) is 0 Å². The van der Waals surface area contributed by atoms with E-state index >= 15 is 0 Å². The topological polar surface area (TPSA) is 9.23 Å². The van der Waals surface area contributed by atoms with Gasteiger partial charge in [0.05, 0.1) is 7.11 Å². The molecule has 0 saturated heterocycles. The molecule has 0 aliphatic heterocycles. The van der Waals surface area contributed by atoms with Crippen LogP contribution in [0, 0.1) is 0 Å². The third kappa shape index (κ3) is 3.37. The monoisotopic (exact) mass is 170 g/mol. The standard InChI is InChI=1S/C10H15FO/c1-5-9(6-2)10(11)7-8(3)12-4/h5,7H,3,6H2,1-2,4H3/b9-5-,10-7+. The highest BCUT2D eigenvalue weighted by Gasteiger charge is 2.00. The molecule has 0 rings (SSSR count). The predicted molar refractivity (Wildman–Crippen MR) is 49.4 cm³/mol. The molecule has 1 nitrogen and oxygen atoms in total. The second kappa shape index (κ2) is 5.58. The van der Waals surface area contributed by atoms with Gasteiger partial charge >= 0.3 is 0 Å². The molecule has 2 heteroatoms. The van der Waals surface area contributed by atoms with Crippen molar-refractivity contribution in [2.45, 2.75) is 20.3 Å². The summed E-state index contributed by atoms with van der Waals surface area (Å²) in [4.78, 5) is 0. The Hall–Kier alpha value is -1.05. The molecule has 68 valence electrons. The Kier molecular flexibility index (Phi) is 5.09. The average Bonchev–Trinajstić information content (AvgIpc) is 2.06. The summed E-state index contributed by atoms with van der Waals surface area (Å²) in [5, 5.41) is 0. The van der Waals surface area contributed by atoms with Crippen molar-refractivity contribution in [2.24, 2.45) is 0 Å². The van der Waals surface area contributed by atoms with E-state index in [0.717, 1.165) is 0 Å². The van der Waals surface area contributed by atoms with Crippen LogP contribution in [0.4, 0.5) is 4.39 Å². The van der Waals surface area contributed by atoms with Crippen molar-refractivity contribution in [3.05, 3.63) is 35.9 Å². The lowest BCUT2D eigenvalue weighted by Crippen LogP contribution is -1.85. The van der Waals surface area contributed by atoms with Crippen LogP contribution in [0.3, 0.4) is 0 Å². The SMILES string of the molecule is C=C(/C=C(F)\C(=C/C)CC)OC. The number of ether oxygens (including phenoxy) is 1. The molecule has 0 aliphatic rings. The van der Waals surface area contributed by atoms with Gasteiger partial charge in [0, 0.05) is 6.08 Å². The maximum Gasteiger partial charge on any atom is 0.129 e. The highest BCUT2D eigenvalue weighted by Crippen LogP contribution is 2.16. The molecule has 0 heterocycles. The molecule has 0 atom stereocenters. The molecule has 0 saturated carbocycles. The average molecular weight is 170 g/mol. The van der Waals surface area contributed by atoms with Crippen LogP contribution in [0.15, 0.2) is 35.9 Å². The molecule has 0 unspecified atom stereocenters. The summed E-state index contributed by atoms with van der Waals surface area (Å²) in [6.45, 7) is 7.21. The quantitative estimate of drug-likeness (QED) is 0.464. The van der Waals surface area contributed by atoms with Crippen molar-refractivity contribution in [3.63, 3.8) is 0 Å². The Morgan fingerprint density at radius 3 is 2.50 bits per heavy atom. The smallest absolute Gasteiger partial charge is 0.129 e. The summed E-state index contributed by atoms with van der Waals surface area (Å²) in [7, 11) is 1.47. The first-order valence-corrected chi connectivity index (χ1v) is 3.91. The first-order chi connectivity index (χ1) is 5.65. The van der Waals surface area contributed by atoms with Crippen molar-refractivity contribution in [1.82, 2.24) is 0 Å². The zero-order chi connectivity index (χ0) is 9.56. The van der Waals surface area contributed by atoms with E-state index < -0.39 is 0 Å². The van der Waals surface area contributed by atoms with Gasteiger partial charge in [0.25, 0.3) is 0 Å². The van der Waals surface area contributed by atoms with Gasteiger partial charge in [-0.05, 0) is 18.9 Å². The van der Waals surface area contributed by atoms with E-state index in [0.29, 0.717) is 17.8 Å². The van der Waals surface area contributed by atoms with Crippen molar-refractivity contribution in [3.8, 4) is 0 Å². The van der Waals surface area contributed by atoms with E-state index in [1.54, 1.807) is 6.08 Å². The van der Waals surface area contributed by atoms with E-state index in [9.17, 15) is 4.39 Å². The molecule has 0 aromatic carbocycles. The summed E-state index contributed by atoms with van der Waals surface area (Å²) < 4.78 is 17.9. The van der Waals surface area contributed by atoms with Gasteiger partial charge in [-0.1, -0.05) is 19.6 Å². The molecular weight excluding hydrogens is 155 g/mol. The number of hydrogen-bond donors (Lipinski definition) is 0. The lowest BCUT2D eigenvalue weighted by Gasteiger charge is -2.01. The van der Waals surface area contributed by atoms with Gasteiger partial charge in [0.2, 0.25) is 0 Å². The Morgan fingerprint density at radius 2 is 2.17 bits per heavy atom. The summed E-state index contributed by atoms with van der Waals surface area (Å²) in [5.74, 6) is 0.0622.